The Morgan fingerprint density at radius 2 is 1.66 bits per heavy atom. The van der Waals surface area contributed by atoms with Crippen molar-refractivity contribution >= 4 is 11.3 Å². The van der Waals surface area contributed by atoms with Crippen molar-refractivity contribution in [1.29, 1.82) is 0 Å². The molecule has 4 aromatic heterocycles. The van der Waals surface area contributed by atoms with Gasteiger partial charge >= 0.3 is 0 Å². The van der Waals surface area contributed by atoms with Gasteiger partial charge in [-0.2, -0.15) is 0 Å². The van der Waals surface area contributed by atoms with E-state index in [-0.39, 0.29) is 5.56 Å². The fraction of sp³-hybridized carbons (Fsp3) is 0. The Morgan fingerprint density at radius 3 is 2.34 bits per heavy atom. The molecule has 140 valence electrons. The first-order valence-corrected chi connectivity index (χ1v) is 10.2. The minimum absolute atomic E-state index is 0.130. The number of H-pyrrole nitrogens is 2. The van der Waals surface area contributed by atoms with E-state index in [0.29, 0.717) is 5.56 Å². The third-order valence-electron chi connectivity index (χ3n) is 4.83. The van der Waals surface area contributed by atoms with Crippen molar-refractivity contribution in [3.63, 3.8) is 0 Å². The lowest BCUT2D eigenvalue weighted by molar-refractivity contribution is 1.22. The topological polar surface area (TPSA) is 61.5 Å². The monoisotopic (exact) mass is 395 g/mol. The van der Waals surface area contributed by atoms with E-state index in [4.69, 9.17) is 0 Å². The standard InChI is InChI=1S/C24H17N3OS/c28-24-21(18-11-6-14-26-18)22(19-12-7-15-29-19)20(17-10-4-5-13-25-17)23(27-24)16-8-2-1-3-9-16/h1-15,26H,(H,27,28). The van der Waals surface area contributed by atoms with Gasteiger partial charge in [-0.3, -0.25) is 9.78 Å². The second-order valence-electron chi connectivity index (χ2n) is 6.60. The van der Waals surface area contributed by atoms with Gasteiger partial charge in [0.05, 0.1) is 22.6 Å². The van der Waals surface area contributed by atoms with Gasteiger partial charge in [0.1, 0.15) is 0 Å². The van der Waals surface area contributed by atoms with E-state index in [1.165, 1.54) is 0 Å². The maximum absolute atomic E-state index is 13.3. The Balaban J connectivity index is 1.96. The molecule has 5 heteroatoms. The van der Waals surface area contributed by atoms with E-state index in [1.54, 1.807) is 17.5 Å². The molecule has 0 amide bonds. The largest absolute Gasteiger partial charge is 0.361 e. The zero-order chi connectivity index (χ0) is 19.6. The number of pyridine rings is 2. The maximum atomic E-state index is 13.3. The van der Waals surface area contributed by atoms with Crippen LogP contribution in [-0.2, 0) is 0 Å². The lowest BCUT2D eigenvalue weighted by Crippen LogP contribution is -2.14. The van der Waals surface area contributed by atoms with Gasteiger partial charge in [-0.15, -0.1) is 11.3 Å². The third kappa shape index (κ3) is 3.11. The first-order chi connectivity index (χ1) is 14.3. The Kier molecular flexibility index (Phi) is 4.42. The number of rotatable bonds is 4. The highest BCUT2D eigenvalue weighted by Crippen LogP contribution is 2.43. The predicted octanol–water partition coefficient (Wildman–Crippen LogP) is 5.83. The second kappa shape index (κ2) is 7.37. The molecule has 29 heavy (non-hydrogen) atoms. The lowest BCUT2D eigenvalue weighted by Gasteiger charge is -2.17. The van der Waals surface area contributed by atoms with Crippen LogP contribution in [0.3, 0.4) is 0 Å². The summed E-state index contributed by atoms with van der Waals surface area (Å²) >= 11 is 1.61. The summed E-state index contributed by atoms with van der Waals surface area (Å²) in [5.41, 5.74) is 5.62. The normalized spacial score (nSPS) is 10.9. The molecule has 0 aliphatic carbocycles. The quantitative estimate of drug-likeness (QED) is 0.402. The van der Waals surface area contributed by atoms with Crippen LogP contribution in [-0.4, -0.2) is 15.0 Å². The highest BCUT2D eigenvalue weighted by Gasteiger charge is 2.24. The van der Waals surface area contributed by atoms with Crippen LogP contribution < -0.4 is 5.56 Å². The highest BCUT2D eigenvalue weighted by atomic mass is 32.1. The number of aromatic nitrogens is 3. The molecule has 0 fully saturated rings. The van der Waals surface area contributed by atoms with Gasteiger partial charge in [-0.05, 0) is 41.3 Å². The van der Waals surface area contributed by atoms with E-state index in [9.17, 15) is 4.79 Å². The molecule has 0 radical (unpaired) electrons. The van der Waals surface area contributed by atoms with E-state index < -0.39 is 0 Å². The van der Waals surface area contributed by atoms with Gasteiger partial charge in [-0.1, -0.05) is 42.5 Å². The van der Waals surface area contributed by atoms with Crippen LogP contribution in [0.2, 0.25) is 0 Å². The van der Waals surface area contributed by atoms with E-state index >= 15 is 0 Å². The van der Waals surface area contributed by atoms with Crippen molar-refractivity contribution in [2.45, 2.75) is 0 Å². The van der Waals surface area contributed by atoms with E-state index in [1.807, 2.05) is 84.4 Å². The van der Waals surface area contributed by atoms with Crippen LogP contribution in [0.25, 0.3) is 44.2 Å². The minimum Gasteiger partial charge on any atom is -0.361 e. The molecule has 0 bridgehead atoms. The van der Waals surface area contributed by atoms with Crippen LogP contribution in [0.4, 0.5) is 0 Å². The SMILES string of the molecule is O=c1[nH]c(-c2ccccc2)c(-c2ccccn2)c(-c2cccs2)c1-c1ccc[nH]1. The number of nitrogens with one attached hydrogen (secondary N) is 2. The zero-order valence-corrected chi connectivity index (χ0v) is 16.2. The van der Waals surface area contributed by atoms with E-state index in [2.05, 4.69) is 15.0 Å². The molecule has 0 aliphatic rings. The van der Waals surface area contributed by atoms with Crippen molar-refractivity contribution in [2.24, 2.45) is 0 Å². The van der Waals surface area contributed by atoms with Crippen LogP contribution in [0.15, 0.2) is 95.4 Å². The molecule has 0 aliphatic heterocycles. The first kappa shape index (κ1) is 17.4. The molecule has 0 saturated heterocycles. The molecule has 0 unspecified atom stereocenters. The maximum Gasteiger partial charge on any atom is 0.258 e. The molecular weight excluding hydrogens is 378 g/mol. The summed E-state index contributed by atoms with van der Waals surface area (Å²) in [6.45, 7) is 0. The average molecular weight is 395 g/mol. The van der Waals surface area contributed by atoms with Gasteiger partial charge in [0.15, 0.2) is 0 Å². The van der Waals surface area contributed by atoms with Crippen molar-refractivity contribution in [3.8, 4) is 44.2 Å². The molecule has 0 saturated carbocycles. The Morgan fingerprint density at radius 1 is 0.793 bits per heavy atom. The van der Waals surface area contributed by atoms with Crippen molar-refractivity contribution in [1.82, 2.24) is 15.0 Å². The van der Waals surface area contributed by atoms with Gasteiger partial charge in [0.2, 0.25) is 0 Å². The minimum atomic E-state index is -0.130. The van der Waals surface area contributed by atoms with Gasteiger partial charge in [0.25, 0.3) is 5.56 Å². The molecular formula is C24H17N3OS. The molecule has 2 N–H and O–H groups in total. The highest BCUT2D eigenvalue weighted by molar-refractivity contribution is 7.13. The van der Waals surface area contributed by atoms with Crippen LogP contribution >= 0.6 is 11.3 Å². The number of hydrogen-bond donors (Lipinski definition) is 2. The summed E-state index contributed by atoms with van der Waals surface area (Å²) in [4.78, 5) is 25.3. The first-order valence-electron chi connectivity index (χ1n) is 9.27. The smallest absolute Gasteiger partial charge is 0.258 e. The van der Waals surface area contributed by atoms with Gasteiger partial charge < -0.3 is 9.97 Å². The summed E-state index contributed by atoms with van der Waals surface area (Å²) in [5, 5.41) is 2.03. The molecule has 4 nitrogen and oxygen atoms in total. The van der Waals surface area contributed by atoms with Crippen molar-refractivity contribution in [2.75, 3.05) is 0 Å². The van der Waals surface area contributed by atoms with Gasteiger partial charge in [0, 0.05) is 28.4 Å². The molecule has 0 atom stereocenters. The van der Waals surface area contributed by atoms with Crippen molar-refractivity contribution in [3.05, 3.63) is 101 Å². The molecule has 5 rings (SSSR count). The number of benzene rings is 1. The molecule has 0 spiro atoms. The summed E-state index contributed by atoms with van der Waals surface area (Å²) in [5.74, 6) is 0. The predicted molar refractivity (Wildman–Crippen MR) is 119 cm³/mol. The average Bonchev–Trinajstić information content (AvgIpc) is 3.48. The number of nitrogens with zero attached hydrogens (tertiary/aromatic N) is 1. The number of thiophene rings is 1. The Bertz CT molecular complexity index is 1290. The molecule has 1 aromatic carbocycles. The van der Waals surface area contributed by atoms with E-state index in [0.717, 1.165) is 38.6 Å². The lowest BCUT2D eigenvalue weighted by atomic mass is 9.92. The third-order valence-corrected chi connectivity index (χ3v) is 5.72. The summed E-state index contributed by atoms with van der Waals surface area (Å²) in [6.07, 6.45) is 3.61. The summed E-state index contributed by atoms with van der Waals surface area (Å²) in [7, 11) is 0. The Labute approximate surface area is 171 Å². The van der Waals surface area contributed by atoms with Crippen LogP contribution in [0, 0.1) is 0 Å². The van der Waals surface area contributed by atoms with Gasteiger partial charge in [-0.25, -0.2) is 0 Å². The van der Waals surface area contributed by atoms with Crippen molar-refractivity contribution < 1.29 is 0 Å². The Hall–Kier alpha value is -3.70. The molecule has 5 aromatic rings. The van der Waals surface area contributed by atoms with Crippen LogP contribution in [0.1, 0.15) is 0 Å². The number of aromatic amines is 2. The number of hydrogen-bond acceptors (Lipinski definition) is 3. The fourth-order valence-corrected chi connectivity index (χ4v) is 4.38. The summed E-state index contributed by atoms with van der Waals surface area (Å²) < 4.78 is 0. The fourth-order valence-electron chi connectivity index (χ4n) is 3.60. The zero-order valence-electron chi connectivity index (χ0n) is 15.4. The van der Waals surface area contributed by atoms with Crippen LogP contribution in [0.5, 0.6) is 0 Å². The molecule has 4 heterocycles. The second-order valence-corrected chi connectivity index (χ2v) is 7.54. The summed E-state index contributed by atoms with van der Waals surface area (Å²) in [6, 6.07) is 23.6.